The van der Waals surface area contributed by atoms with Gasteiger partial charge in [0.2, 0.25) is 5.88 Å². The first kappa shape index (κ1) is 19.1. The third-order valence-corrected chi connectivity index (χ3v) is 4.65. The first-order valence-corrected chi connectivity index (χ1v) is 9.22. The van der Waals surface area contributed by atoms with Crippen LogP contribution in [0.15, 0.2) is 44.9 Å². The van der Waals surface area contributed by atoms with Crippen LogP contribution in [0.25, 0.3) is 5.69 Å². The van der Waals surface area contributed by atoms with Gasteiger partial charge in [-0.15, -0.1) is 0 Å². The first-order valence-electron chi connectivity index (χ1n) is 9.22. The van der Waals surface area contributed by atoms with E-state index in [9.17, 15) is 14.7 Å². The molecule has 27 heavy (non-hydrogen) atoms. The van der Waals surface area contributed by atoms with E-state index in [0.717, 1.165) is 37.3 Å². The van der Waals surface area contributed by atoms with Crippen molar-refractivity contribution < 1.29 is 5.11 Å². The van der Waals surface area contributed by atoms with Gasteiger partial charge in [-0.05, 0) is 18.6 Å². The quantitative estimate of drug-likeness (QED) is 0.636. The minimum Gasteiger partial charge on any atom is -0.493 e. The number of piperazine rings is 1. The Balaban J connectivity index is 1.92. The fourth-order valence-corrected chi connectivity index (χ4v) is 3.23. The van der Waals surface area contributed by atoms with E-state index in [1.807, 2.05) is 13.0 Å². The summed E-state index contributed by atoms with van der Waals surface area (Å²) in [5, 5.41) is 14.0. The van der Waals surface area contributed by atoms with Crippen molar-refractivity contribution in [1.82, 2.24) is 19.8 Å². The van der Waals surface area contributed by atoms with Gasteiger partial charge in [-0.1, -0.05) is 25.1 Å². The lowest BCUT2D eigenvalue weighted by atomic mass is 10.1. The summed E-state index contributed by atoms with van der Waals surface area (Å²) in [7, 11) is 0. The number of aromatic nitrogens is 2. The third kappa shape index (κ3) is 4.35. The number of aliphatic imine (C=N–C) groups is 1. The standard InChI is InChI=1S/C19H25N5O3/c1-2-15(21-10-13-23-11-8-20-9-12-23)16-17(25)22-19(27)24(18(16)26)14-6-4-3-5-7-14/h3-7,20,26H,2,8-13H2,1H3,(H,22,25,27). The fourth-order valence-electron chi connectivity index (χ4n) is 3.23. The van der Waals surface area contributed by atoms with E-state index in [-0.39, 0.29) is 11.4 Å². The summed E-state index contributed by atoms with van der Waals surface area (Å²) < 4.78 is 1.10. The molecule has 1 fully saturated rings. The van der Waals surface area contributed by atoms with Gasteiger partial charge in [-0.3, -0.25) is 19.7 Å². The Morgan fingerprint density at radius 1 is 1.19 bits per heavy atom. The van der Waals surface area contributed by atoms with E-state index in [2.05, 4.69) is 20.2 Å². The smallest absolute Gasteiger partial charge is 0.335 e. The summed E-state index contributed by atoms with van der Waals surface area (Å²) in [6.07, 6.45) is 0.477. The normalized spacial score (nSPS) is 15.8. The molecule has 1 aromatic heterocycles. The molecule has 0 atom stereocenters. The highest BCUT2D eigenvalue weighted by molar-refractivity contribution is 6.02. The van der Waals surface area contributed by atoms with Gasteiger partial charge in [0.05, 0.1) is 17.9 Å². The van der Waals surface area contributed by atoms with Crippen molar-refractivity contribution in [1.29, 1.82) is 0 Å². The van der Waals surface area contributed by atoms with Crippen LogP contribution in [0.2, 0.25) is 0 Å². The molecule has 1 aliphatic rings. The predicted molar refractivity (Wildman–Crippen MR) is 105 cm³/mol. The van der Waals surface area contributed by atoms with Gasteiger partial charge in [0.25, 0.3) is 5.56 Å². The Morgan fingerprint density at radius 3 is 2.56 bits per heavy atom. The summed E-state index contributed by atoms with van der Waals surface area (Å²) in [4.78, 5) is 33.8. The lowest BCUT2D eigenvalue weighted by Gasteiger charge is -2.26. The number of rotatable bonds is 6. The van der Waals surface area contributed by atoms with Crippen molar-refractivity contribution in [2.45, 2.75) is 13.3 Å². The predicted octanol–water partition coefficient (Wildman–Crippen LogP) is 0.336. The van der Waals surface area contributed by atoms with Gasteiger partial charge in [0.15, 0.2) is 0 Å². The largest absolute Gasteiger partial charge is 0.493 e. The van der Waals surface area contributed by atoms with Gasteiger partial charge in [-0.2, -0.15) is 0 Å². The average molecular weight is 371 g/mol. The second-order valence-corrected chi connectivity index (χ2v) is 6.40. The van der Waals surface area contributed by atoms with Crippen molar-refractivity contribution >= 4 is 5.71 Å². The Labute approximate surface area is 157 Å². The summed E-state index contributed by atoms with van der Waals surface area (Å²) in [6.45, 7) is 7.08. The molecule has 8 nitrogen and oxygen atoms in total. The van der Waals surface area contributed by atoms with Crippen LogP contribution >= 0.6 is 0 Å². The molecule has 0 saturated carbocycles. The van der Waals surface area contributed by atoms with Crippen molar-refractivity contribution in [2.75, 3.05) is 39.3 Å². The molecule has 0 spiro atoms. The Morgan fingerprint density at radius 2 is 1.89 bits per heavy atom. The Hall–Kier alpha value is -2.71. The van der Waals surface area contributed by atoms with E-state index in [4.69, 9.17) is 0 Å². The number of aromatic hydroxyl groups is 1. The van der Waals surface area contributed by atoms with Crippen LogP contribution in [-0.2, 0) is 0 Å². The molecule has 1 saturated heterocycles. The average Bonchev–Trinajstić information content (AvgIpc) is 2.68. The van der Waals surface area contributed by atoms with Crippen LogP contribution < -0.4 is 16.6 Å². The zero-order valence-electron chi connectivity index (χ0n) is 15.4. The second kappa shape index (κ2) is 8.79. The van der Waals surface area contributed by atoms with Crippen LogP contribution in [0.4, 0.5) is 0 Å². The number of hydrogen-bond donors (Lipinski definition) is 3. The van der Waals surface area contributed by atoms with Crippen molar-refractivity contribution in [2.24, 2.45) is 4.99 Å². The Bertz CT molecular complexity index is 911. The van der Waals surface area contributed by atoms with E-state index in [1.165, 1.54) is 0 Å². The summed E-state index contributed by atoms with van der Waals surface area (Å²) in [5.74, 6) is -0.377. The summed E-state index contributed by atoms with van der Waals surface area (Å²) in [6, 6.07) is 8.71. The van der Waals surface area contributed by atoms with Crippen LogP contribution in [0.3, 0.4) is 0 Å². The van der Waals surface area contributed by atoms with Crippen molar-refractivity contribution in [3.63, 3.8) is 0 Å². The molecule has 0 radical (unpaired) electrons. The van der Waals surface area contributed by atoms with Gasteiger partial charge >= 0.3 is 5.69 Å². The lowest BCUT2D eigenvalue weighted by molar-refractivity contribution is 0.247. The van der Waals surface area contributed by atoms with Crippen molar-refractivity contribution in [3.8, 4) is 11.6 Å². The molecule has 144 valence electrons. The van der Waals surface area contributed by atoms with E-state index < -0.39 is 11.2 Å². The molecule has 2 aromatic rings. The Kier molecular flexibility index (Phi) is 6.20. The number of para-hydroxylation sites is 1. The molecule has 0 amide bonds. The molecule has 3 N–H and O–H groups in total. The monoisotopic (exact) mass is 371 g/mol. The zero-order valence-corrected chi connectivity index (χ0v) is 15.4. The highest BCUT2D eigenvalue weighted by Gasteiger charge is 2.19. The minimum atomic E-state index is -0.677. The number of nitrogens with one attached hydrogen (secondary N) is 2. The van der Waals surface area contributed by atoms with Crippen molar-refractivity contribution in [3.05, 3.63) is 56.7 Å². The fraction of sp³-hybridized carbons (Fsp3) is 0.421. The maximum absolute atomic E-state index is 12.4. The maximum atomic E-state index is 12.4. The van der Waals surface area contributed by atoms with Crippen LogP contribution in [0.1, 0.15) is 18.9 Å². The maximum Gasteiger partial charge on any atom is 0.335 e. The molecule has 1 aliphatic heterocycles. The molecular formula is C19H25N5O3. The number of aromatic amines is 1. The summed E-state index contributed by atoms with van der Waals surface area (Å²) >= 11 is 0. The molecule has 2 heterocycles. The van der Waals surface area contributed by atoms with Gasteiger partial charge in [-0.25, -0.2) is 9.36 Å². The lowest BCUT2D eigenvalue weighted by Crippen LogP contribution is -2.44. The molecule has 1 aromatic carbocycles. The number of benzene rings is 1. The number of hydrogen-bond acceptors (Lipinski definition) is 6. The molecule has 8 heteroatoms. The molecule has 0 bridgehead atoms. The van der Waals surface area contributed by atoms with Gasteiger partial charge in [0.1, 0.15) is 5.56 Å². The van der Waals surface area contributed by atoms with Gasteiger partial charge < -0.3 is 10.4 Å². The number of nitrogens with zero attached hydrogens (tertiary/aromatic N) is 3. The van der Waals surface area contributed by atoms with Gasteiger partial charge in [0, 0.05) is 32.7 Å². The minimum absolute atomic E-state index is 0.0567. The molecule has 0 unspecified atom stereocenters. The van der Waals surface area contributed by atoms with Crippen LogP contribution in [0, 0.1) is 0 Å². The SMILES string of the molecule is CCC(=NCCN1CCNCC1)c1c(O)n(-c2ccccc2)c(=O)[nH]c1=O. The van der Waals surface area contributed by atoms with E-state index >= 15 is 0 Å². The molecule has 3 rings (SSSR count). The summed E-state index contributed by atoms with van der Waals surface area (Å²) in [5.41, 5.74) is -0.264. The zero-order chi connectivity index (χ0) is 19.2. The molecule has 0 aliphatic carbocycles. The highest BCUT2D eigenvalue weighted by Crippen LogP contribution is 2.18. The van der Waals surface area contributed by atoms with Crippen LogP contribution in [0.5, 0.6) is 5.88 Å². The first-order chi connectivity index (χ1) is 13.1. The van der Waals surface area contributed by atoms with E-state index in [1.54, 1.807) is 24.3 Å². The van der Waals surface area contributed by atoms with Crippen LogP contribution in [-0.4, -0.2) is 64.5 Å². The second-order valence-electron chi connectivity index (χ2n) is 6.40. The topological polar surface area (TPSA) is 103 Å². The highest BCUT2D eigenvalue weighted by atomic mass is 16.3. The third-order valence-electron chi connectivity index (χ3n) is 4.65. The number of H-pyrrole nitrogens is 1. The van der Waals surface area contributed by atoms with E-state index in [0.29, 0.717) is 24.4 Å². The molecular weight excluding hydrogens is 346 g/mol.